The van der Waals surface area contributed by atoms with Gasteiger partial charge in [0.1, 0.15) is 0 Å². The molecule has 0 amide bonds. The molecule has 0 bridgehead atoms. The van der Waals surface area contributed by atoms with Gasteiger partial charge in [-0.2, -0.15) is 0 Å². The molecule has 3 nitrogen and oxygen atoms in total. The lowest BCUT2D eigenvalue weighted by Gasteiger charge is -2.26. The molecule has 0 N–H and O–H groups in total. The van der Waals surface area contributed by atoms with E-state index in [2.05, 4.69) is 483 Å². The lowest BCUT2D eigenvalue weighted by atomic mass is 9.94. The van der Waals surface area contributed by atoms with Gasteiger partial charge in [-0.1, -0.05) is 374 Å². The van der Waals surface area contributed by atoms with Crippen molar-refractivity contribution in [3.05, 3.63) is 452 Å². The Morgan fingerprint density at radius 3 is 0.964 bits per heavy atom. The van der Waals surface area contributed by atoms with Crippen LogP contribution in [0.2, 0.25) is 0 Å². The van der Waals surface area contributed by atoms with Crippen molar-refractivity contribution in [2.45, 2.75) is 13.8 Å². The summed E-state index contributed by atoms with van der Waals surface area (Å²) in [6.07, 6.45) is 0.936. The highest BCUT2D eigenvalue weighted by Crippen LogP contribution is 2.43. The lowest BCUT2D eigenvalue weighted by molar-refractivity contribution is 1.18. The van der Waals surface area contributed by atoms with Crippen molar-refractivity contribution in [1.82, 2.24) is 9.13 Å². The summed E-state index contributed by atoms with van der Waals surface area (Å²) in [5.41, 5.74) is 28.0. The van der Waals surface area contributed by atoms with Crippen LogP contribution in [0.1, 0.15) is 18.6 Å². The largest absolute Gasteiger partial charge is 0.310 e. The van der Waals surface area contributed by atoms with E-state index in [1.807, 2.05) is 11.0 Å². The molecule has 5 heteroatoms. The van der Waals surface area contributed by atoms with E-state index in [4.69, 9.17) is 0 Å². The van der Waals surface area contributed by atoms with Gasteiger partial charge in [-0.25, -0.2) is 0 Å². The average Bonchev–Trinajstić information content (AvgIpc) is 1.49. The molecule has 0 aliphatic rings. The van der Waals surface area contributed by atoms with Crippen LogP contribution >= 0.6 is 38.5 Å². The van der Waals surface area contributed by atoms with Crippen LogP contribution in [0, 0.1) is 0 Å². The zero-order valence-corrected chi connectivity index (χ0v) is 65.1. The van der Waals surface area contributed by atoms with Crippen molar-refractivity contribution >= 4 is 121 Å². The SMILES string of the molecule is Brc1ccc2c(c1)c1ccccc1n2-c1ccccc1.C.CI.c1ccc(-c2ccc(Cc3ccc(-c4ccc5cccc(-c6ccccc6)c5c4)cc3)cc2)cc1.c1ccc(-c2ccc(N(c3ccc(-c4ccc5cccc(-c6ccccc6)c5c4)cc3)c3ccc4c(c3)c3ccccc3n4-c3ccccc3)cc2)cc1. The fourth-order valence-electron chi connectivity index (χ4n) is 15.6. The second-order valence-corrected chi connectivity index (χ2v) is 28.6. The van der Waals surface area contributed by atoms with Gasteiger partial charge >= 0.3 is 0 Å². The Hall–Kier alpha value is -12.9. The maximum Gasteiger partial charge on any atom is 0.0542 e. The number of fused-ring (bicyclic) bond motifs is 8. The van der Waals surface area contributed by atoms with Crippen LogP contribution in [-0.2, 0) is 6.42 Å². The highest BCUT2D eigenvalue weighted by atomic mass is 127. The third-order valence-corrected chi connectivity index (χ3v) is 21.5. The van der Waals surface area contributed by atoms with Crippen LogP contribution in [-0.4, -0.2) is 14.1 Å². The van der Waals surface area contributed by atoms with Gasteiger partial charge in [-0.3, -0.25) is 0 Å². The van der Waals surface area contributed by atoms with Crippen LogP contribution in [0.5, 0.6) is 0 Å². The molecular weight excluding hydrogens is 1530 g/mol. The summed E-state index contributed by atoms with van der Waals surface area (Å²) in [5.74, 6) is 0. The minimum absolute atomic E-state index is 0. The van der Waals surface area contributed by atoms with Crippen molar-refractivity contribution in [2.75, 3.05) is 9.83 Å². The Kier molecular flexibility index (Phi) is 22.2. The molecular formula is C107H81BrIN3. The molecule has 0 radical (unpaired) electrons. The Morgan fingerprint density at radius 2 is 0.545 bits per heavy atom. The van der Waals surface area contributed by atoms with E-state index in [-0.39, 0.29) is 7.43 Å². The molecule has 0 aliphatic carbocycles. The molecule has 18 aromatic carbocycles. The maximum absolute atomic E-state index is 3.57. The van der Waals surface area contributed by atoms with Gasteiger partial charge in [0.05, 0.1) is 22.1 Å². The predicted octanol–water partition coefficient (Wildman–Crippen LogP) is 31.1. The molecule has 112 heavy (non-hydrogen) atoms. The first-order valence-electron chi connectivity index (χ1n) is 37.6. The third kappa shape index (κ3) is 15.4. The van der Waals surface area contributed by atoms with E-state index in [9.17, 15) is 0 Å². The summed E-state index contributed by atoms with van der Waals surface area (Å²) in [5, 5.41) is 10.1. The quantitative estimate of drug-likeness (QED) is 0.0828. The van der Waals surface area contributed by atoms with Gasteiger partial charge in [0, 0.05) is 54.5 Å². The first-order chi connectivity index (χ1) is 55.0. The molecule has 0 atom stereocenters. The number of hydrogen-bond donors (Lipinski definition) is 0. The zero-order valence-electron chi connectivity index (χ0n) is 61.4. The van der Waals surface area contributed by atoms with E-state index >= 15 is 0 Å². The zero-order chi connectivity index (χ0) is 74.8. The van der Waals surface area contributed by atoms with E-state index in [1.54, 1.807) is 0 Å². The summed E-state index contributed by atoms with van der Waals surface area (Å²) < 4.78 is 5.80. The number of hydrogen-bond acceptors (Lipinski definition) is 1. The van der Waals surface area contributed by atoms with Crippen LogP contribution < -0.4 is 4.90 Å². The third-order valence-electron chi connectivity index (χ3n) is 21.0. The van der Waals surface area contributed by atoms with E-state index < -0.39 is 0 Å². The molecule has 20 aromatic rings. The highest BCUT2D eigenvalue weighted by Gasteiger charge is 2.20. The summed E-state index contributed by atoms with van der Waals surface area (Å²) in [4.78, 5) is 4.35. The molecule has 538 valence electrons. The Balaban J connectivity index is 0.000000139. The highest BCUT2D eigenvalue weighted by molar-refractivity contribution is 14.1. The fourth-order valence-corrected chi connectivity index (χ4v) is 15.9. The number of nitrogens with zero attached hydrogens (tertiary/aromatic N) is 3. The van der Waals surface area contributed by atoms with Crippen molar-refractivity contribution in [2.24, 2.45) is 0 Å². The van der Waals surface area contributed by atoms with Crippen LogP contribution in [0.3, 0.4) is 0 Å². The van der Waals surface area contributed by atoms with Gasteiger partial charge in [0.2, 0.25) is 0 Å². The number of rotatable bonds is 13. The van der Waals surface area contributed by atoms with Crippen LogP contribution in [0.4, 0.5) is 17.1 Å². The van der Waals surface area contributed by atoms with Crippen LogP contribution in [0.15, 0.2) is 441 Å². The summed E-state index contributed by atoms with van der Waals surface area (Å²) in [6.45, 7) is 0. The molecule has 0 aliphatic heterocycles. The van der Waals surface area contributed by atoms with E-state index in [0.717, 1.165) is 33.6 Å². The average molecular weight is 1620 g/mol. The second-order valence-electron chi connectivity index (χ2n) is 27.7. The molecule has 20 rings (SSSR count). The van der Waals surface area contributed by atoms with Gasteiger partial charge in [-0.05, 0) is 220 Å². The Bertz CT molecular complexity index is 6570. The number of halogens is 2. The van der Waals surface area contributed by atoms with Gasteiger partial charge in [0.25, 0.3) is 0 Å². The molecule has 0 saturated heterocycles. The monoisotopic (exact) mass is 1610 g/mol. The van der Waals surface area contributed by atoms with Gasteiger partial charge < -0.3 is 14.0 Å². The summed E-state index contributed by atoms with van der Waals surface area (Å²) >= 11 is 5.72. The number of anilines is 3. The van der Waals surface area contributed by atoms with Crippen molar-refractivity contribution in [1.29, 1.82) is 0 Å². The van der Waals surface area contributed by atoms with E-state index in [1.165, 1.54) is 149 Å². The normalized spacial score (nSPS) is 11.0. The molecule has 0 unspecified atom stereocenters. The fraction of sp³-hybridized carbons (Fsp3) is 0.0280. The van der Waals surface area contributed by atoms with Crippen molar-refractivity contribution in [3.8, 4) is 78.1 Å². The van der Waals surface area contributed by atoms with Crippen LogP contribution in [0.25, 0.3) is 143 Å². The first kappa shape index (κ1) is 73.2. The Morgan fingerprint density at radius 1 is 0.232 bits per heavy atom. The number of aromatic nitrogens is 2. The minimum Gasteiger partial charge on any atom is -0.310 e. The predicted molar refractivity (Wildman–Crippen MR) is 494 cm³/mol. The first-order valence-corrected chi connectivity index (χ1v) is 40.6. The van der Waals surface area contributed by atoms with E-state index in [0.29, 0.717) is 0 Å². The number of para-hydroxylation sites is 4. The molecule has 0 spiro atoms. The minimum atomic E-state index is 0. The van der Waals surface area contributed by atoms with Gasteiger partial charge in [0.15, 0.2) is 0 Å². The molecule has 2 aromatic heterocycles. The topological polar surface area (TPSA) is 13.1 Å². The maximum atomic E-state index is 3.57. The van der Waals surface area contributed by atoms with Gasteiger partial charge in [-0.15, -0.1) is 0 Å². The summed E-state index contributed by atoms with van der Waals surface area (Å²) in [7, 11) is 0. The van der Waals surface area contributed by atoms with Crippen molar-refractivity contribution < 1.29 is 0 Å². The summed E-state index contributed by atoms with van der Waals surface area (Å²) in [6, 6.07) is 157. The molecule has 0 saturated carbocycles. The lowest BCUT2D eigenvalue weighted by Crippen LogP contribution is -2.10. The molecule has 2 heterocycles. The Labute approximate surface area is 678 Å². The number of alkyl halides is 1. The molecule has 0 fully saturated rings. The second kappa shape index (κ2) is 33.9. The smallest absolute Gasteiger partial charge is 0.0542 e. The number of benzene rings is 18. The van der Waals surface area contributed by atoms with Crippen molar-refractivity contribution in [3.63, 3.8) is 0 Å². The standard InChI is InChI=1S/C52H36N2.C35H26.C18H12BrN.CH3I.CH4/c1-4-13-37(14-5-1)38-25-29-44(30-26-38)53(46-33-34-52-50(36-46)48-20-10-11-22-51(48)54(52)43-18-8-3-9-19-43)45-31-27-39(28-32-45)42-24-23-41-17-12-21-47(49(41)35-42)40-15-6-2-7-16-40;1-3-8-28(9-4-1)29-18-14-26(15-19-29)24-27-16-20-30(21-17-27)33-23-22-32-12-7-13-34(35(32)25-33)31-10-5-2-6-11-31;19-13-10-11-18-16(12-13)15-8-4-5-9-17(15)20(18)14-6-2-1-3-7-14;1-2;/h1-36H;1-23,25H,24H2;1-12H;1H3;1H4.